The van der Waals surface area contributed by atoms with Crippen LogP contribution in [0.15, 0.2) is 45.5 Å². The number of Topliss-reactive ketones (excluding diaryl/α,β-unsaturated/α-hetero) is 1. The molecule has 1 aromatic heterocycles. The molecule has 1 aliphatic heterocycles. The van der Waals surface area contributed by atoms with Crippen molar-refractivity contribution in [3.63, 3.8) is 0 Å². The molecule has 0 saturated heterocycles. The minimum Gasteiger partial charge on any atom is -0.343 e. The third-order valence-electron chi connectivity index (χ3n) is 4.84. The first-order valence-corrected chi connectivity index (χ1v) is 9.59. The Morgan fingerprint density at radius 1 is 1.16 bits per heavy atom. The maximum absolute atomic E-state index is 12.8. The minimum atomic E-state index is -0.355. The Kier molecular flexibility index (Phi) is 4.00. The average molecular weight is 353 g/mol. The van der Waals surface area contributed by atoms with E-state index in [4.69, 9.17) is 0 Å². The van der Waals surface area contributed by atoms with Gasteiger partial charge in [-0.25, -0.2) is 4.98 Å². The number of nitrogens with one attached hydrogen (secondary N) is 2. The van der Waals surface area contributed by atoms with Gasteiger partial charge in [0.15, 0.2) is 10.9 Å². The van der Waals surface area contributed by atoms with Crippen LogP contribution in [0.25, 0.3) is 0 Å². The zero-order valence-electron chi connectivity index (χ0n) is 14.2. The number of rotatable bonds is 2. The number of hydrogen-bond donors (Lipinski definition) is 2. The molecule has 2 N–H and O–H groups in total. The summed E-state index contributed by atoms with van der Waals surface area (Å²) in [7, 11) is 0. The predicted molar refractivity (Wildman–Crippen MR) is 99.2 cm³/mol. The summed E-state index contributed by atoms with van der Waals surface area (Å²) in [4.78, 5) is 32.9. The van der Waals surface area contributed by atoms with E-state index in [-0.39, 0.29) is 17.3 Å². The van der Waals surface area contributed by atoms with E-state index in [1.165, 1.54) is 11.8 Å². The van der Waals surface area contributed by atoms with E-state index in [0.717, 1.165) is 35.2 Å². The lowest BCUT2D eigenvalue weighted by atomic mass is 9.76. The number of ketones is 1. The summed E-state index contributed by atoms with van der Waals surface area (Å²) in [5, 5.41) is 3.84. The van der Waals surface area contributed by atoms with E-state index >= 15 is 0 Å². The number of allylic oxidation sites excluding steroid dienone is 2. The maximum Gasteiger partial charge on any atom is 0.257 e. The van der Waals surface area contributed by atoms with Crippen LogP contribution in [0.5, 0.6) is 0 Å². The maximum atomic E-state index is 12.8. The third-order valence-corrected chi connectivity index (χ3v) is 5.42. The second-order valence-electron chi connectivity index (χ2n) is 6.48. The second kappa shape index (κ2) is 6.19. The first-order valence-electron chi connectivity index (χ1n) is 8.36. The highest BCUT2D eigenvalue weighted by Gasteiger charge is 2.37. The van der Waals surface area contributed by atoms with Crippen molar-refractivity contribution in [2.24, 2.45) is 0 Å². The summed E-state index contributed by atoms with van der Waals surface area (Å²) >= 11 is 1.40. The van der Waals surface area contributed by atoms with E-state index < -0.39 is 0 Å². The topological polar surface area (TPSA) is 74.8 Å². The van der Waals surface area contributed by atoms with Gasteiger partial charge >= 0.3 is 0 Å². The number of nitrogens with zero attached hydrogens (tertiary/aromatic N) is 1. The van der Waals surface area contributed by atoms with E-state index in [1.54, 1.807) is 0 Å². The van der Waals surface area contributed by atoms with Crippen molar-refractivity contribution in [3.05, 3.63) is 62.6 Å². The highest BCUT2D eigenvalue weighted by atomic mass is 32.2. The first kappa shape index (κ1) is 16.1. The number of carbonyl (C=O) groups excluding carboxylic acids is 1. The lowest BCUT2D eigenvalue weighted by Gasteiger charge is -2.32. The molecule has 0 amide bonds. The first-order chi connectivity index (χ1) is 12.1. The van der Waals surface area contributed by atoms with E-state index in [1.807, 2.05) is 37.4 Å². The quantitative estimate of drug-likeness (QED) is 0.640. The number of carbonyl (C=O) groups is 1. The Hall–Kier alpha value is -2.34. The molecule has 4 rings (SSSR count). The van der Waals surface area contributed by atoms with Gasteiger partial charge in [-0.05, 0) is 31.6 Å². The van der Waals surface area contributed by atoms with Crippen molar-refractivity contribution >= 4 is 23.4 Å². The predicted octanol–water partition coefficient (Wildman–Crippen LogP) is 3.36. The van der Waals surface area contributed by atoms with Gasteiger partial charge < -0.3 is 10.3 Å². The number of thioether (sulfide) groups is 1. The smallest absolute Gasteiger partial charge is 0.257 e. The van der Waals surface area contributed by atoms with Crippen LogP contribution >= 0.6 is 11.8 Å². The van der Waals surface area contributed by atoms with Crippen LogP contribution in [0.3, 0.4) is 0 Å². The number of benzene rings is 1. The van der Waals surface area contributed by atoms with Crippen LogP contribution in [-0.2, 0) is 4.79 Å². The van der Waals surface area contributed by atoms with Crippen LogP contribution in [0.4, 0.5) is 5.82 Å². The molecule has 0 saturated carbocycles. The second-order valence-corrected chi connectivity index (χ2v) is 7.27. The van der Waals surface area contributed by atoms with Crippen molar-refractivity contribution < 1.29 is 4.79 Å². The molecule has 1 aromatic carbocycles. The zero-order chi connectivity index (χ0) is 17.6. The fraction of sp³-hybridized carbons (Fsp3) is 0.316. The fourth-order valence-corrected chi connectivity index (χ4v) is 4.01. The van der Waals surface area contributed by atoms with Gasteiger partial charge in [0.05, 0.1) is 5.56 Å². The average Bonchev–Trinajstić information content (AvgIpc) is 2.61. The van der Waals surface area contributed by atoms with Crippen molar-refractivity contribution in [2.75, 3.05) is 11.6 Å². The SMILES string of the molecule is CSc1nc2c(c(=O)[nH]1)C(c1ccc(C)cc1)C1=C(CCCC1=O)N2. The molecule has 2 aromatic rings. The van der Waals surface area contributed by atoms with E-state index in [9.17, 15) is 9.59 Å². The van der Waals surface area contributed by atoms with Gasteiger partial charge in [0.2, 0.25) is 0 Å². The molecule has 2 heterocycles. The molecule has 0 spiro atoms. The van der Waals surface area contributed by atoms with Gasteiger partial charge in [-0.3, -0.25) is 9.59 Å². The molecule has 25 heavy (non-hydrogen) atoms. The summed E-state index contributed by atoms with van der Waals surface area (Å²) in [5.74, 6) is 0.345. The van der Waals surface area contributed by atoms with E-state index in [0.29, 0.717) is 23.0 Å². The fourth-order valence-electron chi connectivity index (χ4n) is 3.63. The standard InChI is InChI=1S/C19H19N3O2S/c1-10-6-8-11(9-7-10)14-15-12(4-3-5-13(15)23)20-17-16(14)18(24)22-19(21-17)25-2/h6-9,14H,3-5H2,1-2H3,(H2,20,21,22,24). The Balaban J connectivity index is 1.98. The highest BCUT2D eigenvalue weighted by Crippen LogP contribution is 2.43. The van der Waals surface area contributed by atoms with Crippen molar-refractivity contribution in [3.8, 4) is 0 Å². The molecular formula is C19H19N3O2S. The minimum absolute atomic E-state index is 0.123. The van der Waals surface area contributed by atoms with Crippen LogP contribution in [-0.4, -0.2) is 22.0 Å². The summed E-state index contributed by atoms with van der Waals surface area (Å²) in [6.07, 6.45) is 4.05. The van der Waals surface area contributed by atoms with Gasteiger partial charge in [0.1, 0.15) is 5.82 Å². The monoisotopic (exact) mass is 353 g/mol. The molecule has 1 unspecified atom stereocenters. The highest BCUT2D eigenvalue weighted by molar-refractivity contribution is 7.98. The van der Waals surface area contributed by atoms with Gasteiger partial charge in [-0.1, -0.05) is 41.6 Å². The molecule has 6 heteroatoms. The summed E-state index contributed by atoms with van der Waals surface area (Å²) < 4.78 is 0. The molecule has 1 aliphatic carbocycles. The lowest BCUT2D eigenvalue weighted by molar-refractivity contribution is -0.116. The van der Waals surface area contributed by atoms with Crippen molar-refractivity contribution in [2.45, 2.75) is 37.3 Å². The number of anilines is 1. The van der Waals surface area contributed by atoms with Crippen LogP contribution in [0.1, 0.15) is 41.9 Å². The Bertz CT molecular complexity index is 944. The zero-order valence-corrected chi connectivity index (χ0v) is 15.0. The summed E-state index contributed by atoms with van der Waals surface area (Å²) in [5.41, 5.74) is 4.10. The number of H-pyrrole nitrogens is 1. The number of aromatic nitrogens is 2. The van der Waals surface area contributed by atoms with Gasteiger partial charge in [-0.2, -0.15) is 0 Å². The lowest BCUT2D eigenvalue weighted by Crippen LogP contribution is -2.32. The molecule has 0 radical (unpaired) electrons. The Morgan fingerprint density at radius 3 is 2.64 bits per heavy atom. The molecule has 5 nitrogen and oxygen atoms in total. The molecule has 128 valence electrons. The van der Waals surface area contributed by atoms with Crippen LogP contribution in [0.2, 0.25) is 0 Å². The number of aromatic amines is 1. The molecular weight excluding hydrogens is 334 g/mol. The number of fused-ring (bicyclic) bond motifs is 1. The van der Waals surface area contributed by atoms with Crippen molar-refractivity contribution in [1.82, 2.24) is 9.97 Å². The van der Waals surface area contributed by atoms with Crippen LogP contribution < -0.4 is 10.9 Å². The van der Waals surface area contributed by atoms with Gasteiger partial charge in [0, 0.05) is 23.6 Å². The molecule has 0 bridgehead atoms. The van der Waals surface area contributed by atoms with Gasteiger partial charge in [0.25, 0.3) is 5.56 Å². The molecule has 1 atom stereocenters. The Labute approximate surface area is 150 Å². The summed E-state index contributed by atoms with van der Waals surface area (Å²) in [6, 6.07) is 8.04. The van der Waals surface area contributed by atoms with E-state index in [2.05, 4.69) is 15.3 Å². The Morgan fingerprint density at radius 2 is 1.92 bits per heavy atom. The third kappa shape index (κ3) is 2.70. The number of aryl methyl sites for hydroxylation is 1. The van der Waals surface area contributed by atoms with Gasteiger partial charge in [-0.15, -0.1) is 0 Å². The molecule has 0 fully saturated rings. The van der Waals surface area contributed by atoms with Crippen LogP contribution in [0, 0.1) is 6.92 Å². The van der Waals surface area contributed by atoms with Crippen molar-refractivity contribution in [1.29, 1.82) is 0 Å². The normalized spacial score (nSPS) is 19.3. The largest absolute Gasteiger partial charge is 0.343 e. The number of hydrogen-bond acceptors (Lipinski definition) is 5. The summed E-state index contributed by atoms with van der Waals surface area (Å²) in [6.45, 7) is 2.02. The molecule has 2 aliphatic rings.